The van der Waals surface area contributed by atoms with Crippen LogP contribution in [0.3, 0.4) is 0 Å². The molecule has 1 aliphatic heterocycles. The third-order valence-electron chi connectivity index (χ3n) is 5.50. The van der Waals surface area contributed by atoms with Crippen molar-refractivity contribution in [1.82, 2.24) is 4.90 Å². The van der Waals surface area contributed by atoms with Gasteiger partial charge in [-0.1, -0.05) is 18.2 Å². The highest BCUT2D eigenvalue weighted by Crippen LogP contribution is 2.38. The first-order chi connectivity index (χ1) is 15.2. The van der Waals surface area contributed by atoms with Crippen molar-refractivity contribution in [2.45, 2.75) is 12.8 Å². The summed E-state index contributed by atoms with van der Waals surface area (Å²) in [4.78, 5) is 17.3. The second kappa shape index (κ2) is 11.5. The molecule has 2 aromatic rings. The third-order valence-corrected chi connectivity index (χ3v) is 5.50. The minimum atomic E-state index is -0.393. The van der Waals surface area contributed by atoms with Crippen molar-refractivity contribution in [3.05, 3.63) is 48.0 Å². The molecule has 2 aromatic carbocycles. The van der Waals surface area contributed by atoms with E-state index in [0.29, 0.717) is 29.4 Å². The van der Waals surface area contributed by atoms with Crippen molar-refractivity contribution >= 4 is 11.7 Å². The molecule has 7 heteroatoms. The third kappa shape index (κ3) is 6.04. The van der Waals surface area contributed by atoms with Gasteiger partial charge in [-0.15, -0.1) is 0 Å². The normalized spacial score (nSPS) is 14.2. The zero-order valence-electron chi connectivity index (χ0n) is 18.6. The lowest BCUT2D eigenvalue weighted by molar-refractivity contribution is 0.0494. The number of unbranched alkanes of at least 4 members (excludes halogenated alkanes) is 1. The van der Waals surface area contributed by atoms with Gasteiger partial charge in [-0.2, -0.15) is 0 Å². The van der Waals surface area contributed by atoms with Gasteiger partial charge in [0, 0.05) is 31.9 Å². The Kier molecular flexibility index (Phi) is 8.41. The van der Waals surface area contributed by atoms with Crippen molar-refractivity contribution in [3.63, 3.8) is 0 Å². The molecule has 1 saturated heterocycles. The predicted octanol–water partition coefficient (Wildman–Crippen LogP) is 3.47. The van der Waals surface area contributed by atoms with Crippen LogP contribution in [0.2, 0.25) is 0 Å². The van der Waals surface area contributed by atoms with Crippen molar-refractivity contribution in [1.29, 1.82) is 0 Å². The van der Waals surface area contributed by atoms with E-state index in [-0.39, 0.29) is 0 Å². The Hall–Kier alpha value is -2.93. The number of hydrogen-bond acceptors (Lipinski definition) is 7. The van der Waals surface area contributed by atoms with Crippen LogP contribution in [-0.4, -0.2) is 71.5 Å². The highest BCUT2D eigenvalue weighted by Gasteiger charge is 2.19. The van der Waals surface area contributed by atoms with E-state index in [0.717, 1.165) is 45.6 Å². The molecule has 1 heterocycles. The molecule has 0 amide bonds. The molecule has 3 rings (SSSR count). The fourth-order valence-electron chi connectivity index (χ4n) is 3.75. The SMILES string of the molecule is COc1cc(C(=O)OCCCCN2CCN(c3ccccc3)CC2)cc(OC)c1OC. The number of esters is 1. The standard InChI is InChI=1S/C24H32N2O5/c1-28-21-17-19(18-22(29-2)23(21)30-3)24(27)31-16-8-7-11-25-12-14-26(15-13-25)20-9-5-4-6-10-20/h4-6,9-10,17-18H,7-8,11-16H2,1-3H3. The first-order valence-corrected chi connectivity index (χ1v) is 10.7. The lowest BCUT2D eigenvalue weighted by Gasteiger charge is -2.36. The Bertz CT molecular complexity index is 810. The molecule has 1 fully saturated rings. The number of nitrogens with zero attached hydrogens (tertiary/aromatic N) is 2. The molecule has 0 unspecified atom stereocenters. The Morgan fingerprint density at radius 3 is 2.10 bits per heavy atom. The summed E-state index contributed by atoms with van der Waals surface area (Å²) in [5.41, 5.74) is 1.67. The van der Waals surface area contributed by atoms with Gasteiger partial charge >= 0.3 is 5.97 Å². The number of benzene rings is 2. The Labute approximate surface area is 184 Å². The second-order valence-corrected chi connectivity index (χ2v) is 7.42. The number of piperazine rings is 1. The Balaban J connectivity index is 1.38. The van der Waals surface area contributed by atoms with E-state index in [9.17, 15) is 4.79 Å². The average Bonchev–Trinajstić information content (AvgIpc) is 2.83. The largest absolute Gasteiger partial charge is 0.493 e. The number of carbonyl (C=O) groups is 1. The van der Waals surface area contributed by atoms with E-state index in [1.165, 1.54) is 27.0 Å². The van der Waals surface area contributed by atoms with E-state index in [1.54, 1.807) is 12.1 Å². The maximum atomic E-state index is 12.4. The van der Waals surface area contributed by atoms with Crippen LogP contribution in [0.15, 0.2) is 42.5 Å². The van der Waals surface area contributed by atoms with Crippen LogP contribution in [0.1, 0.15) is 23.2 Å². The Morgan fingerprint density at radius 1 is 0.871 bits per heavy atom. The minimum absolute atomic E-state index is 0.381. The number of ether oxygens (including phenoxy) is 4. The van der Waals surface area contributed by atoms with Gasteiger partial charge < -0.3 is 23.8 Å². The van der Waals surface area contributed by atoms with Crippen LogP contribution >= 0.6 is 0 Å². The van der Waals surface area contributed by atoms with E-state index in [2.05, 4.69) is 34.1 Å². The summed E-state index contributed by atoms with van der Waals surface area (Å²) in [6, 6.07) is 13.8. The van der Waals surface area contributed by atoms with Crippen LogP contribution in [0.5, 0.6) is 17.2 Å². The number of methoxy groups -OCH3 is 3. The molecule has 0 spiro atoms. The molecule has 0 aliphatic carbocycles. The summed E-state index contributed by atoms with van der Waals surface area (Å²) < 4.78 is 21.3. The summed E-state index contributed by atoms with van der Waals surface area (Å²) in [6.07, 6.45) is 1.82. The van der Waals surface area contributed by atoms with Crippen molar-refractivity contribution in [2.75, 3.05) is 65.6 Å². The van der Waals surface area contributed by atoms with Crippen LogP contribution in [0.4, 0.5) is 5.69 Å². The predicted molar refractivity (Wildman–Crippen MR) is 121 cm³/mol. The monoisotopic (exact) mass is 428 g/mol. The molecule has 0 saturated carbocycles. The molecule has 0 atom stereocenters. The topological polar surface area (TPSA) is 60.5 Å². The van der Waals surface area contributed by atoms with E-state index < -0.39 is 5.97 Å². The molecule has 0 radical (unpaired) electrons. The van der Waals surface area contributed by atoms with Crippen LogP contribution in [-0.2, 0) is 4.74 Å². The summed E-state index contributed by atoms with van der Waals surface area (Å²) in [5.74, 6) is 0.927. The molecular weight excluding hydrogens is 396 g/mol. The van der Waals surface area contributed by atoms with Gasteiger partial charge in [0.15, 0.2) is 11.5 Å². The quantitative estimate of drug-likeness (QED) is 0.424. The number of rotatable bonds is 10. The maximum Gasteiger partial charge on any atom is 0.338 e. The van der Waals surface area contributed by atoms with Crippen LogP contribution in [0.25, 0.3) is 0 Å². The zero-order valence-corrected chi connectivity index (χ0v) is 18.6. The zero-order chi connectivity index (χ0) is 22.1. The highest BCUT2D eigenvalue weighted by atomic mass is 16.5. The lowest BCUT2D eigenvalue weighted by Crippen LogP contribution is -2.46. The molecular formula is C24H32N2O5. The number of hydrogen-bond donors (Lipinski definition) is 0. The smallest absolute Gasteiger partial charge is 0.338 e. The van der Waals surface area contributed by atoms with Gasteiger partial charge in [0.05, 0.1) is 33.5 Å². The van der Waals surface area contributed by atoms with Gasteiger partial charge in [-0.05, 0) is 43.7 Å². The first-order valence-electron chi connectivity index (χ1n) is 10.7. The summed E-state index contributed by atoms with van der Waals surface area (Å²) in [7, 11) is 4.57. The first kappa shape index (κ1) is 22.7. The molecule has 0 N–H and O–H groups in total. The van der Waals surface area contributed by atoms with Gasteiger partial charge in [0.2, 0.25) is 5.75 Å². The number of carbonyl (C=O) groups excluding carboxylic acids is 1. The molecule has 31 heavy (non-hydrogen) atoms. The van der Waals surface area contributed by atoms with E-state index in [4.69, 9.17) is 18.9 Å². The van der Waals surface area contributed by atoms with Gasteiger partial charge in [-0.3, -0.25) is 4.90 Å². The van der Waals surface area contributed by atoms with Crippen molar-refractivity contribution in [2.24, 2.45) is 0 Å². The highest BCUT2D eigenvalue weighted by molar-refractivity contribution is 5.91. The molecule has 0 bridgehead atoms. The molecule has 168 valence electrons. The minimum Gasteiger partial charge on any atom is -0.493 e. The average molecular weight is 429 g/mol. The molecule has 0 aromatic heterocycles. The van der Waals surface area contributed by atoms with Gasteiger partial charge in [-0.25, -0.2) is 4.79 Å². The van der Waals surface area contributed by atoms with E-state index in [1.807, 2.05) is 6.07 Å². The van der Waals surface area contributed by atoms with Gasteiger partial charge in [0.1, 0.15) is 0 Å². The number of anilines is 1. The van der Waals surface area contributed by atoms with Crippen molar-refractivity contribution in [3.8, 4) is 17.2 Å². The molecule has 7 nitrogen and oxygen atoms in total. The van der Waals surface area contributed by atoms with E-state index >= 15 is 0 Å². The summed E-state index contributed by atoms with van der Waals surface area (Å²) in [6.45, 7) is 5.60. The van der Waals surface area contributed by atoms with Crippen LogP contribution < -0.4 is 19.1 Å². The number of para-hydroxylation sites is 1. The fraction of sp³-hybridized carbons (Fsp3) is 0.458. The summed E-state index contributed by atoms with van der Waals surface area (Å²) in [5, 5.41) is 0. The van der Waals surface area contributed by atoms with Crippen LogP contribution in [0, 0.1) is 0 Å². The lowest BCUT2D eigenvalue weighted by atomic mass is 10.2. The second-order valence-electron chi connectivity index (χ2n) is 7.42. The maximum absolute atomic E-state index is 12.4. The molecule has 1 aliphatic rings. The van der Waals surface area contributed by atoms with Crippen molar-refractivity contribution < 1.29 is 23.7 Å². The van der Waals surface area contributed by atoms with Gasteiger partial charge in [0.25, 0.3) is 0 Å². The fourth-order valence-corrected chi connectivity index (χ4v) is 3.75. The summed E-state index contributed by atoms with van der Waals surface area (Å²) >= 11 is 0. The Morgan fingerprint density at radius 2 is 1.52 bits per heavy atom.